The van der Waals surface area contributed by atoms with E-state index in [-0.39, 0.29) is 37.1 Å². The Morgan fingerprint density at radius 3 is 2.73 bits per heavy atom. The minimum absolute atomic E-state index is 0.0411. The maximum absolute atomic E-state index is 14.8. The number of aromatic nitrogens is 1. The second-order valence-electron chi connectivity index (χ2n) is 5.89. The quantitative estimate of drug-likeness (QED) is 0.618. The molecule has 0 spiro atoms. The average Bonchev–Trinajstić information content (AvgIpc) is 2.73. The number of rotatable bonds is 1. The smallest absolute Gasteiger partial charge is 0.388 e. The molecule has 2 aliphatic heterocycles. The van der Waals surface area contributed by atoms with Crippen molar-refractivity contribution in [2.24, 2.45) is 0 Å². The van der Waals surface area contributed by atoms with Crippen LogP contribution in [-0.4, -0.2) is 25.4 Å². The van der Waals surface area contributed by atoms with E-state index in [1.807, 2.05) is 10.6 Å². The zero-order valence-corrected chi connectivity index (χ0v) is 16.0. The lowest BCUT2D eigenvalue weighted by atomic mass is 10.1. The number of alkyl halides is 3. The van der Waals surface area contributed by atoms with E-state index in [0.29, 0.717) is 0 Å². The van der Waals surface area contributed by atoms with E-state index in [1.54, 1.807) is 0 Å². The molecule has 2 aliphatic rings. The molecule has 0 fully saturated rings. The summed E-state index contributed by atoms with van der Waals surface area (Å²) in [6.45, 7) is 0. The van der Waals surface area contributed by atoms with Gasteiger partial charge < -0.3 is 14.6 Å². The molecule has 6 nitrogen and oxygen atoms in total. The number of hydrogen-bond acceptors (Lipinski definition) is 5. The Kier molecular flexibility index (Phi) is 3.82. The van der Waals surface area contributed by atoms with Gasteiger partial charge in [0.25, 0.3) is 6.36 Å². The molecule has 4 rings (SSSR count). The maximum atomic E-state index is 14.8. The average molecular weight is 473 g/mol. The van der Waals surface area contributed by atoms with E-state index in [9.17, 15) is 21.6 Å². The molecule has 0 aliphatic carbocycles. The molecule has 1 aromatic heterocycles. The monoisotopic (exact) mass is 471 g/mol. The first-order valence-corrected chi connectivity index (χ1v) is 10.2. The van der Waals surface area contributed by atoms with Crippen molar-refractivity contribution >= 4 is 43.1 Å². The molecule has 140 valence electrons. The van der Waals surface area contributed by atoms with E-state index >= 15 is 0 Å². The van der Waals surface area contributed by atoms with Crippen LogP contribution in [0.2, 0.25) is 5.02 Å². The first kappa shape index (κ1) is 18.0. The zero-order valence-electron chi connectivity index (χ0n) is 12.9. The Morgan fingerprint density at radius 1 is 1.38 bits per heavy atom. The third kappa shape index (κ3) is 2.60. The maximum Gasteiger partial charge on any atom is 0.388 e. The van der Waals surface area contributed by atoms with Crippen LogP contribution in [0.5, 0.6) is 5.75 Å². The highest BCUT2D eigenvalue weighted by atomic mass is 79.9. The van der Waals surface area contributed by atoms with Gasteiger partial charge in [0.05, 0.1) is 20.7 Å². The molecule has 2 atom stereocenters. The van der Waals surface area contributed by atoms with Crippen molar-refractivity contribution in [3.05, 3.63) is 39.1 Å². The van der Waals surface area contributed by atoms with Gasteiger partial charge in [-0.05, 0) is 28.1 Å². The molecular formula is C14H10BrClF3N3O3S. The number of nitrogens with one attached hydrogen (secondary N) is 2. The Bertz CT molecular complexity index is 1040. The molecule has 12 heteroatoms. The molecule has 0 amide bonds. The fourth-order valence-corrected chi connectivity index (χ4v) is 4.60. The number of benzene rings is 1. The van der Waals surface area contributed by atoms with Gasteiger partial charge in [-0.15, -0.1) is 0 Å². The summed E-state index contributed by atoms with van der Waals surface area (Å²) in [5.41, 5.74) is -0.187. The molecule has 0 saturated carbocycles. The molecule has 1 aromatic carbocycles. The SMILES string of the molecule is CS(=O)(=O)c1ccc2c3c1O[C@@H](F)c1c(Br)c(Cl)cn1C3NC(F)(F)N2. The van der Waals surface area contributed by atoms with Gasteiger partial charge in [0.15, 0.2) is 15.6 Å². The summed E-state index contributed by atoms with van der Waals surface area (Å²) in [7, 11) is -3.81. The Labute approximate surface area is 159 Å². The van der Waals surface area contributed by atoms with Gasteiger partial charge in [-0.25, -0.2) is 13.7 Å². The first-order valence-electron chi connectivity index (χ1n) is 7.17. The first-order chi connectivity index (χ1) is 12.0. The fourth-order valence-electron chi connectivity index (χ4n) is 3.11. The van der Waals surface area contributed by atoms with Crippen molar-refractivity contribution in [1.82, 2.24) is 9.88 Å². The third-order valence-corrected chi connectivity index (χ3v) is 6.59. The number of halogens is 5. The second-order valence-corrected chi connectivity index (χ2v) is 9.07. The van der Waals surface area contributed by atoms with Crippen molar-refractivity contribution in [2.45, 2.75) is 23.6 Å². The van der Waals surface area contributed by atoms with Crippen LogP contribution >= 0.6 is 27.5 Å². The lowest BCUT2D eigenvalue weighted by Gasteiger charge is -2.35. The molecule has 2 aromatic rings. The van der Waals surface area contributed by atoms with Crippen LogP contribution in [-0.2, 0) is 9.84 Å². The predicted octanol–water partition coefficient (Wildman–Crippen LogP) is 3.78. The van der Waals surface area contributed by atoms with Gasteiger partial charge >= 0.3 is 6.17 Å². The molecule has 0 bridgehead atoms. The van der Waals surface area contributed by atoms with Crippen molar-refractivity contribution in [3.63, 3.8) is 0 Å². The lowest BCUT2D eigenvalue weighted by Crippen LogP contribution is -2.51. The molecule has 0 saturated heterocycles. The lowest BCUT2D eigenvalue weighted by molar-refractivity contribution is -0.0257. The summed E-state index contributed by atoms with van der Waals surface area (Å²) in [5, 5.41) is 4.07. The number of sulfone groups is 1. The van der Waals surface area contributed by atoms with Gasteiger partial charge in [0.2, 0.25) is 0 Å². The van der Waals surface area contributed by atoms with Crippen LogP contribution < -0.4 is 15.4 Å². The number of fused-ring (bicyclic) bond motifs is 2. The summed E-state index contributed by atoms with van der Waals surface area (Å²) in [5.74, 6) is -0.329. The Hall–Kier alpha value is -1.43. The van der Waals surface area contributed by atoms with Crippen molar-refractivity contribution in [1.29, 1.82) is 0 Å². The van der Waals surface area contributed by atoms with Crippen LogP contribution in [0.25, 0.3) is 0 Å². The Morgan fingerprint density at radius 2 is 2.08 bits per heavy atom. The summed E-state index contributed by atoms with van der Waals surface area (Å²) in [6, 6.07) is 2.29. The van der Waals surface area contributed by atoms with Gasteiger partial charge in [0.1, 0.15) is 16.8 Å². The van der Waals surface area contributed by atoms with Gasteiger partial charge in [-0.3, -0.25) is 0 Å². The molecule has 0 radical (unpaired) electrons. The van der Waals surface area contributed by atoms with Crippen molar-refractivity contribution < 1.29 is 26.3 Å². The highest BCUT2D eigenvalue weighted by molar-refractivity contribution is 9.10. The number of hydrogen-bond donors (Lipinski definition) is 2. The van der Waals surface area contributed by atoms with E-state index < -0.39 is 28.5 Å². The summed E-state index contributed by atoms with van der Waals surface area (Å²) < 4.78 is 73.8. The molecule has 3 heterocycles. The van der Waals surface area contributed by atoms with Gasteiger partial charge in [-0.1, -0.05) is 11.6 Å². The van der Waals surface area contributed by atoms with E-state index in [2.05, 4.69) is 15.9 Å². The topological polar surface area (TPSA) is 72.4 Å². The van der Waals surface area contributed by atoms with Crippen LogP contribution in [0.3, 0.4) is 0 Å². The van der Waals surface area contributed by atoms with E-state index in [4.69, 9.17) is 16.3 Å². The molecule has 1 unspecified atom stereocenters. The van der Waals surface area contributed by atoms with Gasteiger partial charge in [0, 0.05) is 12.5 Å². The highest BCUT2D eigenvalue weighted by Gasteiger charge is 2.46. The Balaban J connectivity index is 2.08. The standard InChI is InChI=1S/C14H10BrClF3N3O3S/c1-26(23,24)7-3-2-6-8-11(7)25-12(17)10-9(15)5(16)4-22(10)13(8)21-14(18,19)20-6/h2-4,12-13,20-21H,1H3/t12-,13?/m1/s1. The highest BCUT2D eigenvalue weighted by Crippen LogP contribution is 2.50. The van der Waals surface area contributed by atoms with Crippen LogP contribution in [0, 0.1) is 0 Å². The van der Waals surface area contributed by atoms with Gasteiger partial charge in [-0.2, -0.15) is 13.2 Å². The predicted molar refractivity (Wildman–Crippen MR) is 91.0 cm³/mol. The van der Waals surface area contributed by atoms with Crippen LogP contribution in [0.15, 0.2) is 27.7 Å². The van der Waals surface area contributed by atoms with E-state index in [0.717, 1.165) is 16.9 Å². The number of nitrogens with zero attached hydrogens (tertiary/aromatic N) is 1. The molecule has 26 heavy (non-hydrogen) atoms. The largest absolute Gasteiger partial charge is 0.453 e. The number of ether oxygens (including phenoxy) is 1. The molecular weight excluding hydrogens is 463 g/mol. The minimum Gasteiger partial charge on any atom is -0.453 e. The van der Waals surface area contributed by atoms with Crippen LogP contribution in [0.1, 0.15) is 23.8 Å². The third-order valence-electron chi connectivity index (χ3n) is 4.12. The fraction of sp³-hybridized carbons (Fsp3) is 0.286. The summed E-state index contributed by atoms with van der Waals surface area (Å²) in [6.07, 6.45) is -4.78. The summed E-state index contributed by atoms with van der Waals surface area (Å²) in [4.78, 5) is -0.300. The summed E-state index contributed by atoms with van der Waals surface area (Å²) >= 11 is 9.12. The number of anilines is 1. The van der Waals surface area contributed by atoms with Crippen LogP contribution in [0.4, 0.5) is 18.9 Å². The van der Waals surface area contributed by atoms with E-state index in [1.165, 1.54) is 12.3 Å². The minimum atomic E-state index is -3.81. The second kappa shape index (κ2) is 5.54. The normalized spacial score (nSPS) is 23.3. The van der Waals surface area contributed by atoms with Crippen molar-refractivity contribution in [3.8, 4) is 5.75 Å². The van der Waals surface area contributed by atoms with Crippen molar-refractivity contribution in [2.75, 3.05) is 11.6 Å². The zero-order chi connectivity index (χ0) is 19.0. The molecule has 2 N–H and O–H groups in total.